The van der Waals surface area contributed by atoms with Crippen LogP contribution in [0.5, 0.6) is 0 Å². The number of benzene rings is 1. The zero-order valence-electron chi connectivity index (χ0n) is 10.7. The van der Waals surface area contributed by atoms with E-state index in [1.807, 2.05) is 0 Å². The number of rotatable bonds is 8. The van der Waals surface area contributed by atoms with E-state index in [-0.39, 0.29) is 0 Å². The lowest BCUT2D eigenvalue weighted by Gasteiger charge is -2.07. The van der Waals surface area contributed by atoms with Crippen LogP contribution in [0.3, 0.4) is 0 Å². The Morgan fingerprint density at radius 1 is 1.29 bits per heavy atom. The summed E-state index contributed by atoms with van der Waals surface area (Å²) in [5, 5.41) is 3.47. The average molecular weight is 233 g/mol. The van der Waals surface area contributed by atoms with E-state index in [1.54, 1.807) is 0 Å². The van der Waals surface area contributed by atoms with Crippen molar-refractivity contribution in [3.05, 3.63) is 35.4 Å². The standard InChI is InChI=1S/C15H23NO/c1-13-5-2-3-6-15(13)11-16-9-4-10-17-12-14-7-8-14/h2-3,5-6,14,16H,4,7-12H2,1H3. The number of nitrogens with one attached hydrogen (secondary N) is 1. The normalized spacial score (nSPS) is 15.1. The van der Waals surface area contributed by atoms with Crippen LogP contribution in [-0.4, -0.2) is 19.8 Å². The third kappa shape index (κ3) is 4.88. The van der Waals surface area contributed by atoms with Gasteiger partial charge in [0.2, 0.25) is 0 Å². The van der Waals surface area contributed by atoms with Gasteiger partial charge in [0.25, 0.3) is 0 Å². The molecule has 0 heterocycles. The second-order valence-electron chi connectivity index (χ2n) is 4.98. The monoisotopic (exact) mass is 233 g/mol. The number of ether oxygens (including phenoxy) is 1. The number of hydrogen-bond acceptors (Lipinski definition) is 2. The van der Waals surface area contributed by atoms with Crippen molar-refractivity contribution in [3.8, 4) is 0 Å². The van der Waals surface area contributed by atoms with Crippen molar-refractivity contribution in [3.63, 3.8) is 0 Å². The number of hydrogen-bond donors (Lipinski definition) is 1. The maximum absolute atomic E-state index is 5.59. The van der Waals surface area contributed by atoms with Crippen molar-refractivity contribution >= 4 is 0 Å². The fourth-order valence-corrected chi connectivity index (χ4v) is 1.87. The summed E-state index contributed by atoms with van der Waals surface area (Å²) < 4.78 is 5.59. The van der Waals surface area contributed by atoms with E-state index in [0.717, 1.165) is 38.6 Å². The van der Waals surface area contributed by atoms with Crippen molar-refractivity contribution in [1.29, 1.82) is 0 Å². The molecule has 2 nitrogen and oxygen atoms in total. The van der Waals surface area contributed by atoms with Crippen LogP contribution in [0.25, 0.3) is 0 Å². The van der Waals surface area contributed by atoms with Gasteiger partial charge in [0.1, 0.15) is 0 Å². The SMILES string of the molecule is Cc1ccccc1CNCCCOCC1CC1. The molecule has 1 aliphatic rings. The zero-order chi connectivity index (χ0) is 11.9. The zero-order valence-corrected chi connectivity index (χ0v) is 10.7. The van der Waals surface area contributed by atoms with Crippen molar-refractivity contribution in [1.82, 2.24) is 5.32 Å². The summed E-state index contributed by atoms with van der Waals surface area (Å²) >= 11 is 0. The molecular formula is C15H23NO. The fraction of sp³-hybridized carbons (Fsp3) is 0.600. The topological polar surface area (TPSA) is 21.3 Å². The first-order chi connectivity index (χ1) is 8.36. The third-order valence-corrected chi connectivity index (χ3v) is 3.27. The Hall–Kier alpha value is -0.860. The molecule has 0 aliphatic heterocycles. The Kier molecular flexibility index (Phi) is 5.02. The maximum Gasteiger partial charge on any atom is 0.0494 e. The van der Waals surface area contributed by atoms with E-state index in [4.69, 9.17) is 4.74 Å². The molecule has 0 amide bonds. The van der Waals surface area contributed by atoms with Gasteiger partial charge in [-0.3, -0.25) is 0 Å². The summed E-state index contributed by atoms with van der Waals surface area (Å²) in [6.07, 6.45) is 3.87. The minimum atomic E-state index is 0.884. The highest BCUT2D eigenvalue weighted by Crippen LogP contribution is 2.28. The van der Waals surface area contributed by atoms with Crippen LogP contribution in [0.4, 0.5) is 0 Å². The van der Waals surface area contributed by atoms with Gasteiger partial charge in [-0.05, 0) is 49.8 Å². The van der Waals surface area contributed by atoms with Gasteiger partial charge in [0, 0.05) is 19.8 Å². The molecule has 0 bridgehead atoms. The Balaban J connectivity index is 1.49. The molecule has 2 heteroatoms. The van der Waals surface area contributed by atoms with Crippen molar-refractivity contribution < 1.29 is 4.74 Å². The summed E-state index contributed by atoms with van der Waals surface area (Å²) in [6, 6.07) is 8.54. The predicted octanol–water partition coefficient (Wildman–Crippen LogP) is 2.90. The van der Waals surface area contributed by atoms with Gasteiger partial charge in [-0.1, -0.05) is 24.3 Å². The molecule has 1 N–H and O–H groups in total. The lowest BCUT2D eigenvalue weighted by Crippen LogP contribution is -2.17. The Morgan fingerprint density at radius 2 is 2.12 bits per heavy atom. The molecule has 0 radical (unpaired) electrons. The van der Waals surface area contributed by atoms with Crippen LogP contribution in [0.2, 0.25) is 0 Å². The minimum Gasteiger partial charge on any atom is -0.381 e. The summed E-state index contributed by atoms with van der Waals surface area (Å²) in [7, 11) is 0. The summed E-state index contributed by atoms with van der Waals surface area (Å²) in [5.74, 6) is 0.884. The maximum atomic E-state index is 5.59. The lowest BCUT2D eigenvalue weighted by atomic mass is 10.1. The molecule has 1 aromatic rings. The minimum absolute atomic E-state index is 0.884. The molecule has 1 aromatic carbocycles. The highest BCUT2D eigenvalue weighted by Gasteiger charge is 2.20. The lowest BCUT2D eigenvalue weighted by molar-refractivity contribution is 0.122. The second kappa shape index (κ2) is 6.77. The molecule has 1 aliphatic carbocycles. The molecule has 0 spiro atoms. The van der Waals surface area contributed by atoms with Gasteiger partial charge in [-0.2, -0.15) is 0 Å². The Morgan fingerprint density at radius 3 is 2.88 bits per heavy atom. The van der Waals surface area contributed by atoms with E-state index < -0.39 is 0 Å². The first-order valence-electron chi connectivity index (χ1n) is 6.69. The van der Waals surface area contributed by atoms with Gasteiger partial charge in [0.05, 0.1) is 0 Å². The van der Waals surface area contributed by atoms with Crippen LogP contribution in [0.15, 0.2) is 24.3 Å². The smallest absolute Gasteiger partial charge is 0.0494 e. The molecule has 0 atom stereocenters. The number of aryl methyl sites for hydroxylation is 1. The Bertz CT molecular complexity index is 333. The largest absolute Gasteiger partial charge is 0.381 e. The summed E-state index contributed by atoms with van der Waals surface area (Å²) in [6.45, 7) is 6.05. The highest BCUT2D eigenvalue weighted by atomic mass is 16.5. The van der Waals surface area contributed by atoms with Crippen LogP contribution in [-0.2, 0) is 11.3 Å². The highest BCUT2D eigenvalue weighted by molar-refractivity contribution is 5.25. The van der Waals surface area contributed by atoms with E-state index in [1.165, 1.54) is 24.0 Å². The molecule has 17 heavy (non-hydrogen) atoms. The predicted molar refractivity (Wildman–Crippen MR) is 71.0 cm³/mol. The molecule has 1 fully saturated rings. The molecule has 2 rings (SSSR count). The van der Waals surface area contributed by atoms with Gasteiger partial charge in [-0.15, -0.1) is 0 Å². The molecular weight excluding hydrogens is 210 g/mol. The van der Waals surface area contributed by atoms with Gasteiger partial charge < -0.3 is 10.1 Å². The van der Waals surface area contributed by atoms with E-state index in [0.29, 0.717) is 0 Å². The fourth-order valence-electron chi connectivity index (χ4n) is 1.87. The van der Waals surface area contributed by atoms with Crippen LogP contribution >= 0.6 is 0 Å². The molecule has 0 saturated heterocycles. The molecule has 0 unspecified atom stereocenters. The van der Waals surface area contributed by atoms with E-state index in [9.17, 15) is 0 Å². The molecule has 0 aromatic heterocycles. The van der Waals surface area contributed by atoms with Crippen molar-refractivity contribution in [2.24, 2.45) is 5.92 Å². The van der Waals surface area contributed by atoms with Gasteiger partial charge in [-0.25, -0.2) is 0 Å². The third-order valence-electron chi connectivity index (χ3n) is 3.27. The Labute approximate surface area is 104 Å². The average Bonchev–Trinajstić information content (AvgIpc) is 3.14. The van der Waals surface area contributed by atoms with E-state index in [2.05, 4.69) is 36.5 Å². The quantitative estimate of drug-likeness (QED) is 0.697. The summed E-state index contributed by atoms with van der Waals surface area (Å²) in [4.78, 5) is 0. The summed E-state index contributed by atoms with van der Waals surface area (Å²) in [5.41, 5.74) is 2.76. The second-order valence-corrected chi connectivity index (χ2v) is 4.98. The van der Waals surface area contributed by atoms with Crippen LogP contribution in [0, 0.1) is 12.8 Å². The first kappa shape index (κ1) is 12.6. The van der Waals surface area contributed by atoms with Crippen molar-refractivity contribution in [2.75, 3.05) is 19.8 Å². The van der Waals surface area contributed by atoms with Crippen LogP contribution < -0.4 is 5.32 Å². The molecule has 94 valence electrons. The van der Waals surface area contributed by atoms with Crippen molar-refractivity contribution in [2.45, 2.75) is 32.7 Å². The van der Waals surface area contributed by atoms with E-state index >= 15 is 0 Å². The van der Waals surface area contributed by atoms with Gasteiger partial charge in [0.15, 0.2) is 0 Å². The van der Waals surface area contributed by atoms with Crippen LogP contribution in [0.1, 0.15) is 30.4 Å². The van der Waals surface area contributed by atoms with Gasteiger partial charge >= 0.3 is 0 Å². The molecule has 1 saturated carbocycles. The first-order valence-corrected chi connectivity index (χ1v) is 6.69.